The molecule has 0 bridgehead atoms. The molecule has 0 saturated carbocycles. The summed E-state index contributed by atoms with van der Waals surface area (Å²) in [5, 5.41) is 3.54. The fourth-order valence-corrected chi connectivity index (χ4v) is 3.00. The Labute approximate surface area is 115 Å². The van der Waals surface area contributed by atoms with Crippen LogP contribution in [0.2, 0.25) is 0 Å². The minimum atomic E-state index is 0.684. The van der Waals surface area contributed by atoms with Gasteiger partial charge in [0.2, 0.25) is 0 Å². The number of nitrogens with zero attached hydrogens (tertiary/aromatic N) is 1. The second-order valence-electron chi connectivity index (χ2n) is 6.85. The number of nitrogens with one attached hydrogen (secondary N) is 1. The van der Waals surface area contributed by atoms with Gasteiger partial charge in [0.1, 0.15) is 0 Å². The van der Waals surface area contributed by atoms with Crippen LogP contribution in [0.1, 0.15) is 53.9 Å². The van der Waals surface area contributed by atoms with Crippen LogP contribution in [0.4, 0.5) is 0 Å². The van der Waals surface area contributed by atoms with Crippen LogP contribution in [0.5, 0.6) is 0 Å². The maximum atomic E-state index is 3.54. The Hall–Kier alpha value is -0.0800. The number of rotatable bonds is 7. The first-order valence-electron chi connectivity index (χ1n) is 7.95. The van der Waals surface area contributed by atoms with Crippen molar-refractivity contribution in [3.05, 3.63) is 0 Å². The van der Waals surface area contributed by atoms with E-state index in [-0.39, 0.29) is 0 Å². The van der Waals surface area contributed by atoms with Crippen LogP contribution in [0, 0.1) is 17.8 Å². The lowest BCUT2D eigenvalue weighted by Crippen LogP contribution is -2.38. The van der Waals surface area contributed by atoms with Gasteiger partial charge in [-0.2, -0.15) is 0 Å². The molecule has 0 aromatic rings. The van der Waals surface area contributed by atoms with Gasteiger partial charge in [-0.25, -0.2) is 0 Å². The quantitative estimate of drug-likeness (QED) is 0.749. The summed E-state index contributed by atoms with van der Waals surface area (Å²) in [4.78, 5) is 2.65. The van der Waals surface area contributed by atoms with Crippen molar-refractivity contribution in [2.24, 2.45) is 17.8 Å². The van der Waals surface area contributed by atoms with E-state index in [1.54, 1.807) is 0 Å². The van der Waals surface area contributed by atoms with Crippen molar-refractivity contribution in [1.82, 2.24) is 10.2 Å². The lowest BCUT2D eigenvalue weighted by molar-refractivity contribution is 0.168. The zero-order valence-electron chi connectivity index (χ0n) is 13.2. The van der Waals surface area contributed by atoms with E-state index in [0.717, 1.165) is 17.8 Å². The molecule has 0 aliphatic carbocycles. The van der Waals surface area contributed by atoms with Crippen molar-refractivity contribution in [2.45, 2.75) is 59.9 Å². The summed E-state index contributed by atoms with van der Waals surface area (Å²) < 4.78 is 0. The van der Waals surface area contributed by atoms with Crippen molar-refractivity contribution in [1.29, 1.82) is 0 Å². The summed E-state index contributed by atoms with van der Waals surface area (Å²) in [5.41, 5.74) is 0. The molecule has 1 rings (SSSR count). The molecule has 1 heterocycles. The van der Waals surface area contributed by atoms with E-state index in [4.69, 9.17) is 0 Å². The van der Waals surface area contributed by atoms with Crippen molar-refractivity contribution >= 4 is 0 Å². The first-order valence-corrected chi connectivity index (χ1v) is 7.95. The average molecular weight is 254 g/mol. The van der Waals surface area contributed by atoms with Crippen LogP contribution in [-0.2, 0) is 0 Å². The van der Waals surface area contributed by atoms with Crippen LogP contribution in [-0.4, -0.2) is 37.1 Å². The summed E-state index contributed by atoms with van der Waals surface area (Å²) in [6.07, 6.45) is 4.16. The molecule has 1 N–H and O–H groups in total. The Bertz CT molecular complexity index is 207. The number of piperidine rings is 1. The summed E-state index contributed by atoms with van der Waals surface area (Å²) in [6.45, 7) is 16.7. The van der Waals surface area contributed by atoms with E-state index in [2.05, 4.69) is 44.8 Å². The third-order valence-electron chi connectivity index (χ3n) is 4.34. The molecule has 0 amide bonds. The van der Waals surface area contributed by atoms with Gasteiger partial charge in [-0.1, -0.05) is 20.8 Å². The predicted molar refractivity (Wildman–Crippen MR) is 80.9 cm³/mol. The van der Waals surface area contributed by atoms with Gasteiger partial charge in [-0.05, 0) is 70.5 Å². The lowest BCUT2D eigenvalue weighted by Gasteiger charge is -2.32. The van der Waals surface area contributed by atoms with E-state index in [1.165, 1.54) is 45.4 Å². The highest BCUT2D eigenvalue weighted by Crippen LogP contribution is 2.23. The van der Waals surface area contributed by atoms with Gasteiger partial charge in [-0.3, -0.25) is 0 Å². The molecular weight excluding hydrogens is 220 g/mol. The Morgan fingerprint density at radius 2 is 1.89 bits per heavy atom. The van der Waals surface area contributed by atoms with Gasteiger partial charge in [0, 0.05) is 12.6 Å². The average Bonchev–Trinajstić information content (AvgIpc) is 2.34. The molecule has 1 aliphatic heterocycles. The van der Waals surface area contributed by atoms with Crippen LogP contribution in [0.3, 0.4) is 0 Å². The molecular formula is C16H34N2. The molecule has 18 heavy (non-hydrogen) atoms. The van der Waals surface area contributed by atoms with E-state index < -0.39 is 0 Å². The zero-order valence-corrected chi connectivity index (χ0v) is 13.2. The summed E-state index contributed by atoms with van der Waals surface area (Å²) >= 11 is 0. The summed E-state index contributed by atoms with van der Waals surface area (Å²) in [5.74, 6) is 2.55. The lowest BCUT2D eigenvalue weighted by atomic mass is 9.85. The predicted octanol–water partition coefficient (Wildman–Crippen LogP) is 3.38. The van der Waals surface area contributed by atoms with Crippen LogP contribution >= 0.6 is 0 Å². The first-order chi connectivity index (χ1) is 8.50. The SMILES string of the molecule is CC(C)CN(CCC(C)C1CCCNC1)C(C)C. The molecule has 1 fully saturated rings. The summed E-state index contributed by atoms with van der Waals surface area (Å²) in [6, 6.07) is 0.684. The fraction of sp³-hybridized carbons (Fsp3) is 1.00. The van der Waals surface area contributed by atoms with Crippen molar-refractivity contribution in [2.75, 3.05) is 26.2 Å². The second-order valence-corrected chi connectivity index (χ2v) is 6.85. The van der Waals surface area contributed by atoms with E-state index in [0.29, 0.717) is 6.04 Å². The van der Waals surface area contributed by atoms with E-state index in [1.807, 2.05) is 0 Å². The molecule has 1 aliphatic rings. The molecule has 2 unspecified atom stereocenters. The van der Waals surface area contributed by atoms with Gasteiger partial charge in [0.25, 0.3) is 0 Å². The molecule has 0 aromatic carbocycles. The Morgan fingerprint density at radius 1 is 1.17 bits per heavy atom. The highest BCUT2D eigenvalue weighted by Gasteiger charge is 2.21. The molecule has 0 spiro atoms. The third kappa shape index (κ3) is 5.71. The van der Waals surface area contributed by atoms with Gasteiger partial charge in [0.15, 0.2) is 0 Å². The fourth-order valence-electron chi connectivity index (χ4n) is 3.00. The van der Waals surface area contributed by atoms with Gasteiger partial charge in [-0.15, -0.1) is 0 Å². The van der Waals surface area contributed by atoms with Crippen molar-refractivity contribution in [3.63, 3.8) is 0 Å². The number of hydrogen-bond acceptors (Lipinski definition) is 2. The third-order valence-corrected chi connectivity index (χ3v) is 4.34. The first kappa shape index (κ1) is 16.0. The second kappa shape index (κ2) is 8.16. The normalized spacial score (nSPS) is 23.0. The molecule has 0 radical (unpaired) electrons. The standard InChI is InChI=1S/C16H34N2/c1-13(2)12-18(14(3)4)10-8-15(5)16-7-6-9-17-11-16/h13-17H,6-12H2,1-5H3. The molecule has 0 aromatic heterocycles. The maximum absolute atomic E-state index is 3.54. The maximum Gasteiger partial charge on any atom is 0.00387 e. The van der Waals surface area contributed by atoms with Crippen molar-refractivity contribution < 1.29 is 0 Å². The minimum Gasteiger partial charge on any atom is -0.316 e. The van der Waals surface area contributed by atoms with Crippen LogP contribution < -0.4 is 5.32 Å². The topological polar surface area (TPSA) is 15.3 Å². The minimum absolute atomic E-state index is 0.684. The molecule has 2 nitrogen and oxygen atoms in total. The van der Waals surface area contributed by atoms with E-state index in [9.17, 15) is 0 Å². The largest absolute Gasteiger partial charge is 0.316 e. The van der Waals surface area contributed by atoms with E-state index >= 15 is 0 Å². The van der Waals surface area contributed by atoms with Gasteiger partial charge in [0.05, 0.1) is 0 Å². The monoisotopic (exact) mass is 254 g/mol. The zero-order chi connectivity index (χ0) is 13.5. The van der Waals surface area contributed by atoms with Gasteiger partial charge >= 0.3 is 0 Å². The van der Waals surface area contributed by atoms with Crippen LogP contribution in [0.15, 0.2) is 0 Å². The highest BCUT2D eigenvalue weighted by atomic mass is 15.1. The Morgan fingerprint density at radius 3 is 2.39 bits per heavy atom. The Kier molecular flexibility index (Phi) is 7.25. The molecule has 2 heteroatoms. The molecule has 108 valence electrons. The molecule has 1 saturated heterocycles. The molecule has 2 atom stereocenters. The Balaban J connectivity index is 2.31. The summed E-state index contributed by atoms with van der Waals surface area (Å²) in [7, 11) is 0. The van der Waals surface area contributed by atoms with Crippen LogP contribution in [0.25, 0.3) is 0 Å². The smallest absolute Gasteiger partial charge is 0.00387 e. The highest BCUT2D eigenvalue weighted by molar-refractivity contribution is 4.75. The number of hydrogen-bond donors (Lipinski definition) is 1. The van der Waals surface area contributed by atoms with Crippen molar-refractivity contribution in [3.8, 4) is 0 Å². The van der Waals surface area contributed by atoms with Gasteiger partial charge < -0.3 is 10.2 Å².